The van der Waals surface area contributed by atoms with E-state index in [1.807, 2.05) is 19.1 Å². The Bertz CT molecular complexity index is 808. The average molecular weight is 316 g/mol. The molecule has 0 aliphatic carbocycles. The molecular formula is C15H16N4O2S. The lowest BCUT2D eigenvalue weighted by atomic mass is 10.2. The maximum Gasteiger partial charge on any atom is 0.263 e. The Labute approximate surface area is 131 Å². The number of anilines is 1. The lowest BCUT2D eigenvalue weighted by Crippen LogP contribution is -2.21. The Kier molecular flexibility index (Phi) is 3.81. The molecule has 0 unspecified atom stereocenters. The molecule has 114 valence electrons. The van der Waals surface area contributed by atoms with Gasteiger partial charge in [-0.2, -0.15) is 0 Å². The van der Waals surface area contributed by atoms with Crippen LogP contribution in [0.2, 0.25) is 0 Å². The number of thiophene rings is 1. The van der Waals surface area contributed by atoms with Gasteiger partial charge in [-0.05, 0) is 24.6 Å². The molecule has 7 heteroatoms. The van der Waals surface area contributed by atoms with Crippen molar-refractivity contribution in [1.29, 1.82) is 0 Å². The minimum Gasteiger partial charge on any atom is -0.467 e. The molecule has 1 N–H and O–H groups in total. The highest BCUT2D eigenvalue weighted by atomic mass is 32.1. The van der Waals surface area contributed by atoms with Gasteiger partial charge in [-0.25, -0.2) is 9.97 Å². The molecular weight excluding hydrogens is 300 g/mol. The second-order valence-electron chi connectivity index (χ2n) is 5.09. The number of hydrogen-bond acceptors (Lipinski definition) is 6. The third kappa shape index (κ3) is 2.55. The van der Waals surface area contributed by atoms with E-state index in [-0.39, 0.29) is 5.91 Å². The summed E-state index contributed by atoms with van der Waals surface area (Å²) in [5.74, 6) is 1.52. The number of carbonyl (C=O) groups excluding carboxylic acids is 1. The SMILES string of the molecule is Cc1c(C(=O)N(C)C)sc2ncnc(NCc3ccco3)c12. The summed E-state index contributed by atoms with van der Waals surface area (Å²) in [7, 11) is 3.49. The van der Waals surface area contributed by atoms with Crippen LogP contribution in [0.5, 0.6) is 0 Å². The number of aryl methyl sites for hydroxylation is 1. The van der Waals surface area contributed by atoms with Crippen molar-refractivity contribution in [1.82, 2.24) is 14.9 Å². The Balaban J connectivity index is 1.99. The van der Waals surface area contributed by atoms with Crippen LogP contribution in [0.25, 0.3) is 10.2 Å². The van der Waals surface area contributed by atoms with Crippen molar-refractivity contribution in [3.05, 3.63) is 40.9 Å². The Morgan fingerprint density at radius 1 is 1.41 bits per heavy atom. The Morgan fingerprint density at radius 2 is 2.23 bits per heavy atom. The number of amides is 1. The molecule has 3 rings (SSSR count). The summed E-state index contributed by atoms with van der Waals surface area (Å²) in [6, 6.07) is 3.74. The van der Waals surface area contributed by atoms with Crippen molar-refractivity contribution in [2.75, 3.05) is 19.4 Å². The standard InChI is InChI=1S/C15H16N4O2S/c1-9-11-13(16-7-10-5-4-6-21-10)17-8-18-14(11)22-12(9)15(20)19(2)3/h4-6,8H,7H2,1-3H3,(H,16,17,18). The smallest absolute Gasteiger partial charge is 0.263 e. The van der Waals surface area contributed by atoms with E-state index in [9.17, 15) is 4.79 Å². The first-order chi connectivity index (χ1) is 10.6. The molecule has 3 aromatic heterocycles. The normalized spacial score (nSPS) is 10.9. The van der Waals surface area contributed by atoms with E-state index in [4.69, 9.17) is 4.42 Å². The van der Waals surface area contributed by atoms with E-state index in [1.54, 1.807) is 25.3 Å². The fourth-order valence-electron chi connectivity index (χ4n) is 2.20. The summed E-state index contributed by atoms with van der Waals surface area (Å²) >= 11 is 1.39. The fourth-order valence-corrected chi connectivity index (χ4v) is 3.37. The van der Waals surface area contributed by atoms with Crippen molar-refractivity contribution < 1.29 is 9.21 Å². The number of carbonyl (C=O) groups is 1. The molecule has 0 spiro atoms. The second kappa shape index (κ2) is 5.76. The predicted molar refractivity (Wildman–Crippen MR) is 86.2 cm³/mol. The first kappa shape index (κ1) is 14.5. The first-order valence-corrected chi connectivity index (χ1v) is 7.61. The van der Waals surface area contributed by atoms with Gasteiger partial charge in [-0.15, -0.1) is 11.3 Å². The van der Waals surface area contributed by atoms with E-state index in [0.29, 0.717) is 17.2 Å². The van der Waals surface area contributed by atoms with Crippen molar-refractivity contribution in [2.24, 2.45) is 0 Å². The molecule has 3 heterocycles. The van der Waals surface area contributed by atoms with Gasteiger partial charge in [0.05, 0.1) is 23.1 Å². The number of hydrogen-bond donors (Lipinski definition) is 1. The van der Waals surface area contributed by atoms with Gasteiger partial charge in [-0.1, -0.05) is 0 Å². The van der Waals surface area contributed by atoms with Crippen molar-refractivity contribution in [2.45, 2.75) is 13.5 Å². The van der Waals surface area contributed by atoms with Gasteiger partial charge in [0.1, 0.15) is 22.7 Å². The molecule has 0 radical (unpaired) electrons. The van der Waals surface area contributed by atoms with Gasteiger partial charge in [0.15, 0.2) is 0 Å². The number of aromatic nitrogens is 2. The lowest BCUT2D eigenvalue weighted by molar-refractivity contribution is 0.0831. The average Bonchev–Trinajstić information content (AvgIpc) is 3.13. The third-order valence-corrected chi connectivity index (χ3v) is 4.53. The zero-order chi connectivity index (χ0) is 15.7. The largest absolute Gasteiger partial charge is 0.467 e. The number of rotatable bonds is 4. The second-order valence-corrected chi connectivity index (χ2v) is 6.09. The van der Waals surface area contributed by atoms with Crippen LogP contribution in [0.15, 0.2) is 29.1 Å². The van der Waals surface area contributed by atoms with Gasteiger partial charge in [-0.3, -0.25) is 4.79 Å². The van der Waals surface area contributed by atoms with Gasteiger partial charge in [0.25, 0.3) is 5.91 Å². The number of nitrogens with zero attached hydrogens (tertiary/aromatic N) is 3. The van der Waals surface area contributed by atoms with Gasteiger partial charge in [0, 0.05) is 14.1 Å². The molecule has 0 aliphatic heterocycles. The summed E-state index contributed by atoms with van der Waals surface area (Å²) in [6.45, 7) is 2.46. The molecule has 0 aliphatic rings. The molecule has 0 saturated carbocycles. The van der Waals surface area contributed by atoms with E-state index in [0.717, 1.165) is 21.5 Å². The molecule has 0 saturated heterocycles. The van der Waals surface area contributed by atoms with Crippen molar-refractivity contribution in [3.8, 4) is 0 Å². The van der Waals surface area contributed by atoms with Crippen LogP contribution in [0, 0.1) is 6.92 Å². The molecule has 3 aromatic rings. The summed E-state index contributed by atoms with van der Waals surface area (Å²) in [6.07, 6.45) is 3.14. The molecule has 0 atom stereocenters. The minimum absolute atomic E-state index is 0.0162. The zero-order valence-electron chi connectivity index (χ0n) is 12.6. The molecule has 0 bridgehead atoms. The van der Waals surface area contributed by atoms with E-state index in [1.165, 1.54) is 17.7 Å². The summed E-state index contributed by atoms with van der Waals surface area (Å²) < 4.78 is 5.31. The zero-order valence-corrected chi connectivity index (χ0v) is 13.4. The topological polar surface area (TPSA) is 71.3 Å². The summed E-state index contributed by atoms with van der Waals surface area (Å²) in [5, 5.41) is 4.14. The highest BCUT2D eigenvalue weighted by Gasteiger charge is 2.20. The van der Waals surface area contributed by atoms with Crippen LogP contribution < -0.4 is 5.32 Å². The van der Waals surface area contributed by atoms with Gasteiger partial charge in [0.2, 0.25) is 0 Å². The maximum absolute atomic E-state index is 12.2. The number of furan rings is 1. The molecule has 22 heavy (non-hydrogen) atoms. The fraction of sp³-hybridized carbons (Fsp3) is 0.267. The molecule has 0 fully saturated rings. The molecule has 6 nitrogen and oxygen atoms in total. The summed E-state index contributed by atoms with van der Waals surface area (Å²) in [5.41, 5.74) is 0.904. The van der Waals surface area contributed by atoms with Crippen LogP contribution in [-0.4, -0.2) is 34.9 Å². The Morgan fingerprint density at radius 3 is 2.91 bits per heavy atom. The van der Waals surface area contributed by atoms with Crippen molar-refractivity contribution in [3.63, 3.8) is 0 Å². The number of fused-ring (bicyclic) bond motifs is 1. The van der Waals surface area contributed by atoms with Crippen LogP contribution in [0.4, 0.5) is 5.82 Å². The van der Waals surface area contributed by atoms with Gasteiger partial charge < -0.3 is 14.6 Å². The van der Waals surface area contributed by atoms with Crippen LogP contribution >= 0.6 is 11.3 Å². The van der Waals surface area contributed by atoms with E-state index in [2.05, 4.69) is 15.3 Å². The minimum atomic E-state index is -0.0162. The van der Waals surface area contributed by atoms with Gasteiger partial charge >= 0.3 is 0 Å². The monoisotopic (exact) mass is 316 g/mol. The molecule has 1 amide bonds. The van der Waals surface area contributed by atoms with Crippen LogP contribution in [0.3, 0.4) is 0 Å². The first-order valence-electron chi connectivity index (χ1n) is 6.80. The number of nitrogens with one attached hydrogen (secondary N) is 1. The van der Waals surface area contributed by atoms with Crippen molar-refractivity contribution >= 4 is 33.3 Å². The van der Waals surface area contributed by atoms with E-state index >= 15 is 0 Å². The third-order valence-electron chi connectivity index (χ3n) is 3.34. The van der Waals surface area contributed by atoms with Crippen LogP contribution in [-0.2, 0) is 6.54 Å². The summed E-state index contributed by atoms with van der Waals surface area (Å²) in [4.78, 5) is 23.9. The lowest BCUT2D eigenvalue weighted by Gasteiger charge is -2.09. The van der Waals surface area contributed by atoms with Crippen LogP contribution in [0.1, 0.15) is 21.0 Å². The maximum atomic E-state index is 12.2. The quantitative estimate of drug-likeness (QED) is 0.801. The molecule has 0 aromatic carbocycles. The highest BCUT2D eigenvalue weighted by molar-refractivity contribution is 7.20. The highest BCUT2D eigenvalue weighted by Crippen LogP contribution is 2.33. The van der Waals surface area contributed by atoms with E-state index < -0.39 is 0 Å². The Hall–Kier alpha value is -2.41. The predicted octanol–water partition coefficient (Wildman–Crippen LogP) is 2.91.